The molecule has 0 aliphatic heterocycles. The smallest absolute Gasteiger partial charge is 0.120 e. The Morgan fingerprint density at radius 3 is 2.89 bits per heavy atom. The molecule has 2 nitrogen and oxygen atoms in total. The average Bonchev–Trinajstić information content (AvgIpc) is 3.07. The fourth-order valence-corrected chi connectivity index (χ4v) is 2.90. The number of hydrogen-bond donors (Lipinski definition) is 1. The van der Waals surface area contributed by atoms with Crippen LogP contribution in [0.25, 0.3) is 0 Å². The Kier molecular flexibility index (Phi) is 3.85. The summed E-state index contributed by atoms with van der Waals surface area (Å²) in [6.07, 6.45) is 2.85. The molecule has 3 heteroatoms. The van der Waals surface area contributed by atoms with E-state index in [2.05, 4.69) is 53.3 Å². The molecule has 0 bridgehead atoms. The third-order valence-electron chi connectivity index (χ3n) is 3.30. The largest absolute Gasteiger partial charge is 0.490 e. The van der Waals surface area contributed by atoms with Gasteiger partial charge in [0.05, 0.1) is 12.1 Å². The van der Waals surface area contributed by atoms with Crippen molar-refractivity contribution in [3.05, 3.63) is 52.2 Å². The Balaban J connectivity index is 1.84. The summed E-state index contributed by atoms with van der Waals surface area (Å²) in [5, 5.41) is 7.89. The van der Waals surface area contributed by atoms with Crippen LogP contribution in [0.1, 0.15) is 36.9 Å². The molecule has 1 heterocycles. The molecule has 1 N–H and O–H groups in total. The van der Waals surface area contributed by atoms with Crippen LogP contribution < -0.4 is 10.1 Å². The molecule has 1 aromatic carbocycles. The second-order valence-corrected chi connectivity index (χ2v) is 5.72. The van der Waals surface area contributed by atoms with E-state index in [0.29, 0.717) is 6.10 Å². The molecule has 0 radical (unpaired) electrons. The lowest BCUT2D eigenvalue weighted by molar-refractivity contribution is 0.302. The minimum absolute atomic E-state index is 0.263. The molecule has 1 atom stereocenters. The van der Waals surface area contributed by atoms with E-state index in [4.69, 9.17) is 4.74 Å². The van der Waals surface area contributed by atoms with E-state index >= 15 is 0 Å². The van der Waals surface area contributed by atoms with E-state index < -0.39 is 0 Å². The normalized spacial score (nSPS) is 16.3. The summed E-state index contributed by atoms with van der Waals surface area (Å²) in [4.78, 5) is 0. The van der Waals surface area contributed by atoms with E-state index in [9.17, 15) is 0 Å². The number of hydrogen-bond acceptors (Lipinski definition) is 3. The van der Waals surface area contributed by atoms with Crippen LogP contribution in [-0.2, 0) is 0 Å². The maximum Gasteiger partial charge on any atom is 0.120 e. The summed E-state index contributed by atoms with van der Waals surface area (Å²) in [5.74, 6) is 0.998. The Bertz CT molecular complexity index is 519. The fraction of sp³-hybridized carbons (Fsp3) is 0.375. The maximum absolute atomic E-state index is 5.89. The highest BCUT2D eigenvalue weighted by Gasteiger charge is 2.24. The third-order valence-corrected chi connectivity index (χ3v) is 4.00. The first kappa shape index (κ1) is 12.7. The highest BCUT2D eigenvalue weighted by molar-refractivity contribution is 7.08. The fourth-order valence-electron chi connectivity index (χ4n) is 2.22. The van der Waals surface area contributed by atoms with E-state index in [-0.39, 0.29) is 6.04 Å². The van der Waals surface area contributed by atoms with Crippen molar-refractivity contribution in [2.45, 2.75) is 31.9 Å². The van der Waals surface area contributed by atoms with Gasteiger partial charge in [-0.15, -0.1) is 0 Å². The van der Waals surface area contributed by atoms with Crippen molar-refractivity contribution in [2.24, 2.45) is 0 Å². The van der Waals surface area contributed by atoms with Gasteiger partial charge in [0.15, 0.2) is 0 Å². The highest BCUT2D eigenvalue weighted by atomic mass is 32.1. The van der Waals surface area contributed by atoms with Gasteiger partial charge in [-0.3, -0.25) is 0 Å². The second kappa shape index (κ2) is 5.76. The quantitative estimate of drug-likeness (QED) is 0.859. The van der Waals surface area contributed by atoms with Gasteiger partial charge in [-0.25, -0.2) is 0 Å². The van der Waals surface area contributed by atoms with Crippen LogP contribution in [0.4, 0.5) is 0 Å². The molecule has 2 aromatic rings. The van der Waals surface area contributed by atoms with Gasteiger partial charge in [0.25, 0.3) is 0 Å². The Labute approximate surface area is 118 Å². The van der Waals surface area contributed by atoms with Gasteiger partial charge in [-0.2, -0.15) is 11.3 Å². The lowest BCUT2D eigenvalue weighted by atomic mass is 10.0. The van der Waals surface area contributed by atoms with Gasteiger partial charge < -0.3 is 10.1 Å². The molecular formula is C16H19NOS. The first-order valence-electron chi connectivity index (χ1n) is 6.89. The number of benzene rings is 1. The standard InChI is InChI=1S/C16H19NOS/c1-2-17-16(13-8-9-19-11-13)12-4-3-5-15(10-12)18-14-6-7-14/h3-5,8-11,14,16-17H,2,6-7H2,1H3. The van der Waals surface area contributed by atoms with Crippen molar-refractivity contribution in [2.75, 3.05) is 6.54 Å². The van der Waals surface area contributed by atoms with Crippen LogP contribution in [0, 0.1) is 0 Å². The predicted molar refractivity (Wildman–Crippen MR) is 79.9 cm³/mol. The number of nitrogens with one attached hydrogen (secondary N) is 1. The lowest BCUT2D eigenvalue weighted by Crippen LogP contribution is -2.21. The topological polar surface area (TPSA) is 21.3 Å². The molecule has 0 amide bonds. The molecule has 0 spiro atoms. The molecular weight excluding hydrogens is 254 g/mol. The minimum Gasteiger partial charge on any atom is -0.490 e. The van der Waals surface area contributed by atoms with Crippen LogP contribution in [0.3, 0.4) is 0 Å². The molecule has 1 saturated carbocycles. The lowest BCUT2D eigenvalue weighted by Gasteiger charge is -2.18. The van der Waals surface area contributed by atoms with Gasteiger partial charge in [-0.05, 0) is 59.5 Å². The monoisotopic (exact) mass is 273 g/mol. The zero-order valence-electron chi connectivity index (χ0n) is 11.1. The third kappa shape index (κ3) is 3.17. The van der Waals surface area contributed by atoms with Gasteiger partial charge >= 0.3 is 0 Å². The summed E-state index contributed by atoms with van der Waals surface area (Å²) < 4.78 is 5.89. The van der Waals surface area contributed by atoms with Crippen LogP contribution in [0.2, 0.25) is 0 Å². The number of rotatable bonds is 6. The van der Waals surface area contributed by atoms with Gasteiger partial charge in [0.2, 0.25) is 0 Å². The van der Waals surface area contributed by atoms with Gasteiger partial charge in [0, 0.05) is 0 Å². The summed E-state index contributed by atoms with van der Waals surface area (Å²) in [6, 6.07) is 10.9. The first-order valence-corrected chi connectivity index (χ1v) is 7.83. The minimum atomic E-state index is 0.263. The Morgan fingerprint density at radius 2 is 2.21 bits per heavy atom. The molecule has 100 valence electrons. The maximum atomic E-state index is 5.89. The predicted octanol–water partition coefficient (Wildman–Crippen LogP) is 3.99. The van der Waals surface area contributed by atoms with Crippen molar-refractivity contribution < 1.29 is 4.74 Å². The molecule has 1 aliphatic rings. The Morgan fingerprint density at radius 1 is 1.32 bits per heavy atom. The summed E-state index contributed by atoms with van der Waals surface area (Å²) >= 11 is 1.74. The molecule has 1 aromatic heterocycles. The zero-order valence-corrected chi connectivity index (χ0v) is 12.0. The van der Waals surface area contributed by atoms with Crippen molar-refractivity contribution in [3.63, 3.8) is 0 Å². The second-order valence-electron chi connectivity index (χ2n) is 4.94. The molecule has 1 aliphatic carbocycles. The Hall–Kier alpha value is -1.32. The van der Waals surface area contributed by atoms with Crippen molar-refractivity contribution in [1.29, 1.82) is 0 Å². The molecule has 1 fully saturated rings. The van der Waals surface area contributed by atoms with Crippen molar-refractivity contribution in [1.82, 2.24) is 5.32 Å². The molecule has 19 heavy (non-hydrogen) atoms. The summed E-state index contributed by atoms with van der Waals surface area (Å²) in [7, 11) is 0. The van der Waals surface area contributed by atoms with E-state index in [0.717, 1.165) is 12.3 Å². The molecule has 1 unspecified atom stereocenters. The average molecular weight is 273 g/mol. The first-order chi connectivity index (χ1) is 9.36. The van der Waals surface area contributed by atoms with Gasteiger partial charge in [-0.1, -0.05) is 19.1 Å². The number of thiophene rings is 1. The van der Waals surface area contributed by atoms with Crippen molar-refractivity contribution >= 4 is 11.3 Å². The molecule has 3 rings (SSSR count). The molecule has 0 saturated heterocycles. The van der Waals surface area contributed by atoms with E-state index in [1.807, 2.05) is 0 Å². The van der Waals surface area contributed by atoms with Crippen LogP contribution >= 0.6 is 11.3 Å². The van der Waals surface area contributed by atoms with E-state index in [1.165, 1.54) is 24.0 Å². The summed E-state index contributed by atoms with van der Waals surface area (Å²) in [6.45, 7) is 3.10. The zero-order chi connectivity index (χ0) is 13.1. The highest BCUT2D eigenvalue weighted by Crippen LogP contribution is 2.30. The van der Waals surface area contributed by atoms with Crippen LogP contribution in [0.15, 0.2) is 41.1 Å². The van der Waals surface area contributed by atoms with Crippen LogP contribution in [-0.4, -0.2) is 12.6 Å². The summed E-state index contributed by atoms with van der Waals surface area (Å²) in [5.41, 5.74) is 2.61. The van der Waals surface area contributed by atoms with Crippen molar-refractivity contribution in [3.8, 4) is 5.75 Å². The number of ether oxygens (including phenoxy) is 1. The van der Waals surface area contributed by atoms with E-state index in [1.54, 1.807) is 11.3 Å². The van der Waals surface area contributed by atoms with Gasteiger partial charge in [0.1, 0.15) is 5.75 Å². The van der Waals surface area contributed by atoms with Crippen LogP contribution in [0.5, 0.6) is 5.75 Å². The SMILES string of the molecule is CCNC(c1ccsc1)c1cccc(OC2CC2)c1.